The third-order valence-electron chi connectivity index (χ3n) is 5.81. The van der Waals surface area contributed by atoms with E-state index < -0.39 is 0 Å². The summed E-state index contributed by atoms with van der Waals surface area (Å²) in [5.74, 6) is -0.620. The van der Waals surface area contributed by atoms with E-state index in [0.29, 0.717) is 25.3 Å². The van der Waals surface area contributed by atoms with Gasteiger partial charge in [-0.3, -0.25) is 14.5 Å². The Balaban J connectivity index is 1.57. The Morgan fingerprint density at radius 3 is 2.52 bits per heavy atom. The Morgan fingerprint density at radius 2 is 1.76 bits per heavy atom. The number of nitrogens with zero attached hydrogens (tertiary/aromatic N) is 2. The molecule has 2 heterocycles. The minimum atomic E-state index is -0.315. The lowest BCUT2D eigenvalue weighted by Crippen LogP contribution is -2.42. The molecule has 0 spiro atoms. The topological polar surface area (TPSA) is 75.6 Å². The van der Waals surface area contributed by atoms with Crippen molar-refractivity contribution in [2.45, 2.75) is 13.5 Å². The van der Waals surface area contributed by atoms with Gasteiger partial charge in [-0.2, -0.15) is 0 Å². The second-order valence-corrected chi connectivity index (χ2v) is 7.98. The predicted octanol–water partition coefficient (Wildman–Crippen LogP) is 2.88. The van der Waals surface area contributed by atoms with Crippen molar-refractivity contribution < 1.29 is 14.3 Å². The molecule has 7 heteroatoms. The van der Waals surface area contributed by atoms with E-state index in [1.165, 1.54) is 0 Å². The highest BCUT2D eigenvalue weighted by Gasteiger charge is 2.17. The molecule has 0 radical (unpaired) electrons. The third-order valence-corrected chi connectivity index (χ3v) is 5.81. The Morgan fingerprint density at radius 1 is 1.03 bits per heavy atom. The van der Waals surface area contributed by atoms with Crippen molar-refractivity contribution in [3.8, 4) is 0 Å². The summed E-state index contributed by atoms with van der Waals surface area (Å²) < 4.78 is 7.51. The van der Waals surface area contributed by atoms with Gasteiger partial charge in [0.05, 0.1) is 13.2 Å². The van der Waals surface area contributed by atoms with Crippen molar-refractivity contribution in [2.24, 2.45) is 0 Å². The fourth-order valence-electron chi connectivity index (χ4n) is 4.00. The molecular weight excluding hydrogens is 416 g/mol. The van der Waals surface area contributed by atoms with Gasteiger partial charge < -0.3 is 19.9 Å². The third kappa shape index (κ3) is 5.69. The van der Waals surface area contributed by atoms with Gasteiger partial charge in [0, 0.05) is 61.0 Å². The van der Waals surface area contributed by atoms with Crippen LogP contribution in [0.5, 0.6) is 0 Å². The monoisotopic (exact) mass is 446 g/mol. The smallest absolute Gasteiger partial charge is 0.267 e. The van der Waals surface area contributed by atoms with Crippen LogP contribution in [0, 0.1) is 0 Å². The molecule has 0 saturated carbocycles. The first-order chi connectivity index (χ1) is 16.2. The van der Waals surface area contributed by atoms with Crippen LogP contribution in [-0.2, 0) is 16.1 Å². The number of amides is 2. The molecule has 0 bridgehead atoms. The summed E-state index contributed by atoms with van der Waals surface area (Å²) in [7, 11) is 0. The minimum absolute atomic E-state index is 0.227. The number of ether oxygens (including phenoxy) is 1. The Bertz CT molecular complexity index is 1130. The van der Waals surface area contributed by atoms with Gasteiger partial charge in [0.25, 0.3) is 11.8 Å². The first kappa shape index (κ1) is 22.8. The summed E-state index contributed by atoms with van der Waals surface area (Å²) in [6.45, 7) is 7.28. The SMILES string of the molecule is CCn1cc(C=C(NC(=O)c2ccccc2)C(=O)NCCN2CCOCC2)c2ccccc21. The minimum Gasteiger partial charge on any atom is -0.379 e. The van der Waals surface area contributed by atoms with Gasteiger partial charge >= 0.3 is 0 Å². The van der Waals surface area contributed by atoms with Crippen molar-refractivity contribution in [1.82, 2.24) is 20.1 Å². The van der Waals surface area contributed by atoms with Gasteiger partial charge in [-0.05, 0) is 31.2 Å². The predicted molar refractivity (Wildman–Crippen MR) is 130 cm³/mol. The molecule has 0 atom stereocenters. The van der Waals surface area contributed by atoms with Crippen LogP contribution in [0.1, 0.15) is 22.8 Å². The quantitative estimate of drug-likeness (QED) is 0.522. The molecule has 1 aliphatic rings. The van der Waals surface area contributed by atoms with Gasteiger partial charge in [-0.1, -0.05) is 36.4 Å². The molecule has 2 amide bonds. The normalized spacial score (nSPS) is 14.9. The van der Waals surface area contributed by atoms with Crippen LogP contribution in [0.2, 0.25) is 0 Å². The largest absolute Gasteiger partial charge is 0.379 e. The Labute approximate surface area is 194 Å². The molecule has 172 valence electrons. The number of nitrogens with one attached hydrogen (secondary N) is 2. The number of fused-ring (bicyclic) bond motifs is 1. The van der Waals surface area contributed by atoms with Gasteiger partial charge in [-0.25, -0.2) is 0 Å². The van der Waals surface area contributed by atoms with Gasteiger partial charge in [0.2, 0.25) is 0 Å². The maximum Gasteiger partial charge on any atom is 0.267 e. The molecule has 2 N–H and O–H groups in total. The summed E-state index contributed by atoms with van der Waals surface area (Å²) in [5.41, 5.74) is 2.71. The molecule has 1 aliphatic heterocycles. The van der Waals surface area contributed by atoms with Crippen LogP contribution in [0.4, 0.5) is 0 Å². The first-order valence-corrected chi connectivity index (χ1v) is 11.4. The molecule has 1 fully saturated rings. The standard InChI is InChI=1S/C26H30N4O3/c1-2-30-19-21(22-10-6-7-11-24(22)30)18-23(28-25(31)20-8-4-3-5-9-20)26(32)27-12-13-29-14-16-33-17-15-29/h3-11,18-19H,2,12-17H2,1H3,(H,27,32)(H,28,31). The maximum absolute atomic E-state index is 13.1. The van der Waals surface area contributed by atoms with E-state index in [1.54, 1.807) is 30.3 Å². The van der Waals surface area contributed by atoms with Crippen molar-refractivity contribution in [3.63, 3.8) is 0 Å². The summed E-state index contributed by atoms with van der Waals surface area (Å²) in [6, 6.07) is 17.0. The molecule has 0 aliphatic carbocycles. The van der Waals surface area contributed by atoms with E-state index in [9.17, 15) is 9.59 Å². The van der Waals surface area contributed by atoms with Crippen LogP contribution < -0.4 is 10.6 Å². The molecule has 1 saturated heterocycles. The highest BCUT2D eigenvalue weighted by Crippen LogP contribution is 2.23. The highest BCUT2D eigenvalue weighted by atomic mass is 16.5. The fourth-order valence-corrected chi connectivity index (χ4v) is 4.00. The van der Waals surface area contributed by atoms with Crippen LogP contribution in [0.15, 0.2) is 66.5 Å². The highest BCUT2D eigenvalue weighted by molar-refractivity contribution is 6.06. The summed E-state index contributed by atoms with van der Waals surface area (Å²) in [6.07, 6.45) is 3.78. The Kier molecular flexibility index (Phi) is 7.55. The summed E-state index contributed by atoms with van der Waals surface area (Å²) in [4.78, 5) is 28.2. The number of benzene rings is 2. The number of carbonyl (C=O) groups is 2. The lowest BCUT2D eigenvalue weighted by Gasteiger charge is -2.26. The number of hydrogen-bond acceptors (Lipinski definition) is 4. The fraction of sp³-hybridized carbons (Fsp3) is 0.308. The number of carbonyl (C=O) groups excluding carboxylic acids is 2. The number of para-hydroxylation sites is 1. The molecule has 7 nitrogen and oxygen atoms in total. The Hall–Kier alpha value is -3.42. The zero-order valence-corrected chi connectivity index (χ0v) is 18.9. The van der Waals surface area contributed by atoms with Crippen LogP contribution in [-0.4, -0.2) is 60.7 Å². The first-order valence-electron chi connectivity index (χ1n) is 11.4. The number of aromatic nitrogens is 1. The van der Waals surface area contributed by atoms with E-state index in [1.807, 2.05) is 30.5 Å². The van der Waals surface area contributed by atoms with Crippen LogP contribution in [0.3, 0.4) is 0 Å². The second-order valence-electron chi connectivity index (χ2n) is 7.98. The van der Waals surface area contributed by atoms with Crippen LogP contribution >= 0.6 is 0 Å². The van der Waals surface area contributed by atoms with E-state index >= 15 is 0 Å². The molecule has 3 aromatic rings. The maximum atomic E-state index is 13.1. The van der Waals surface area contributed by atoms with Crippen molar-refractivity contribution in [2.75, 3.05) is 39.4 Å². The molecular formula is C26H30N4O3. The van der Waals surface area contributed by atoms with E-state index in [2.05, 4.69) is 33.1 Å². The average molecular weight is 447 g/mol. The molecule has 2 aromatic carbocycles. The van der Waals surface area contributed by atoms with E-state index in [4.69, 9.17) is 4.74 Å². The number of hydrogen-bond donors (Lipinski definition) is 2. The molecule has 4 rings (SSSR count). The molecule has 1 aromatic heterocycles. The van der Waals surface area contributed by atoms with Crippen molar-refractivity contribution in [3.05, 3.63) is 77.6 Å². The van der Waals surface area contributed by atoms with Crippen molar-refractivity contribution >= 4 is 28.8 Å². The second kappa shape index (κ2) is 10.9. The lowest BCUT2D eigenvalue weighted by molar-refractivity contribution is -0.117. The zero-order valence-electron chi connectivity index (χ0n) is 18.9. The average Bonchev–Trinajstić information content (AvgIpc) is 3.22. The van der Waals surface area contributed by atoms with Gasteiger partial charge in [0.15, 0.2) is 0 Å². The van der Waals surface area contributed by atoms with Gasteiger partial charge in [0.1, 0.15) is 5.70 Å². The molecule has 0 unspecified atom stereocenters. The van der Waals surface area contributed by atoms with E-state index in [0.717, 1.165) is 42.6 Å². The van der Waals surface area contributed by atoms with Gasteiger partial charge in [-0.15, -0.1) is 0 Å². The summed E-state index contributed by atoms with van der Waals surface area (Å²) >= 11 is 0. The zero-order chi connectivity index (χ0) is 23.0. The van der Waals surface area contributed by atoms with Crippen LogP contribution in [0.25, 0.3) is 17.0 Å². The van der Waals surface area contributed by atoms with Crippen molar-refractivity contribution in [1.29, 1.82) is 0 Å². The number of rotatable bonds is 8. The van der Waals surface area contributed by atoms with E-state index in [-0.39, 0.29) is 17.5 Å². The summed E-state index contributed by atoms with van der Waals surface area (Å²) in [5, 5.41) is 6.83. The lowest BCUT2D eigenvalue weighted by atomic mass is 10.1. The molecule has 33 heavy (non-hydrogen) atoms. The number of morpholine rings is 1. The number of aryl methyl sites for hydroxylation is 1.